The predicted molar refractivity (Wildman–Crippen MR) is 85.7 cm³/mol. The molecule has 0 saturated heterocycles. The van der Waals surface area contributed by atoms with Crippen molar-refractivity contribution >= 4 is 11.6 Å². The number of nitrogens with one attached hydrogen (secondary N) is 1. The van der Waals surface area contributed by atoms with E-state index in [-0.39, 0.29) is 0 Å². The molecule has 0 aromatic carbocycles. The van der Waals surface area contributed by atoms with E-state index in [9.17, 15) is 0 Å². The lowest BCUT2D eigenvalue weighted by Crippen LogP contribution is -2.22. The van der Waals surface area contributed by atoms with Gasteiger partial charge in [-0.1, -0.05) is 25.4 Å². The molecular formula is C15H24ClN5. The van der Waals surface area contributed by atoms with Crippen molar-refractivity contribution in [1.29, 1.82) is 0 Å². The van der Waals surface area contributed by atoms with Gasteiger partial charge in [-0.2, -0.15) is 10.2 Å². The summed E-state index contributed by atoms with van der Waals surface area (Å²) in [5, 5.41) is 13.1. The van der Waals surface area contributed by atoms with Crippen LogP contribution in [0.1, 0.15) is 43.4 Å². The summed E-state index contributed by atoms with van der Waals surface area (Å²) < 4.78 is 3.94. The van der Waals surface area contributed by atoms with E-state index < -0.39 is 0 Å². The van der Waals surface area contributed by atoms with Gasteiger partial charge in [-0.3, -0.25) is 9.36 Å². The second-order valence-corrected chi connectivity index (χ2v) is 5.99. The molecule has 21 heavy (non-hydrogen) atoms. The molecule has 2 aromatic heterocycles. The number of hydrogen-bond donors (Lipinski definition) is 1. The van der Waals surface area contributed by atoms with Gasteiger partial charge in [0, 0.05) is 30.4 Å². The van der Waals surface area contributed by atoms with Crippen LogP contribution in [0, 0.1) is 13.8 Å². The molecule has 0 aliphatic heterocycles. The van der Waals surface area contributed by atoms with Crippen LogP contribution in [0.4, 0.5) is 0 Å². The van der Waals surface area contributed by atoms with Crippen molar-refractivity contribution in [3.63, 3.8) is 0 Å². The molecule has 2 rings (SSSR count). The standard InChI is InChI=1S/C15H24ClN5/c1-6-20-14(15(16)11(4)19-20)9-21-12(5)13(8-18-21)7-17-10(2)3/h8,10,17H,6-7,9H2,1-5H3. The molecule has 0 amide bonds. The Kier molecular flexibility index (Phi) is 5.06. The Labute approximate surface area is 131 Å². The zero-order valence-corrected chi connectivity index (χ0v) is 14.2. The van der Waals surface area contributed by atoms with E-state index in [4.69, 9.17) is 11.6 Å². The normalized spacial score (nSPS) is 11.6. The highest BCUT2D eigenvalue weighted by atomic mass is 35.5. The molecule has 0 bridgehead atoms. The molecule has 2 aromatic rings. The van der Waals surface area contributed by atoms with Gasteiger partial charge in [-0.25, -0.2) is 0 Å². The molecule has 0 atom stereocenters. The summed E-state index contributed by atoms with van der Waals surface area (Å²) in [6, 6.07) is 0.464. The van der Waals surface area contributed by atoms with Crippen LogP contribution in [0.5, 0.6) is 0 Å². The highest BCUT2D eigenvalue weighted by molar-refractivity contribution is 6.31. The van der Waals surface area contributed by atoms with Crippen LogP contribution in [0.3, 0.4) is 0 Å². The summed E-state index contributed by atoms with van der Waals surface area (Å²) in [6.45, 7) is 12.7. The van der Waals surface area contributed by atoms with Gasteiger partial charge in [0.2, 0.25) is 0 Å². The first-order chi connectivity index (χ1) is 9.93. The van der Waals surface area contributed by atoms with Gasteiger partial charge in [0.15, 0.2) is 0 Å². The van der Waals surface area contributed by atoms with E-state index >= 15 is 0 Å². The van der Waals surface area contributed by atoms with Crippen molar-refractivity contribution in [3.05, 3.63) is 33.9 Å². The summed E-state index contributed by atoms with van der Waals surface area (Å²) in [5.74, 6) is 0. The van der Waals surface area contributed by atoms with E-state index in [1.165, 1.54) is 11.3 Å². The third-order valence-electron chi connectivity index (χ3n) is 3.66. The number of rotatable bonds is 6. The molecule has 0 saturated carbocycles. The van der Waals surface area contributed by atoms with Gasteiger partial charge in [0.05, 0.1) is 29.2 Å². The number of hydrogen-bond acceptors (Lipinski definition) is 3. The van der Waals surface area contributed by atoms with Gasteiger partial charge in [0.1, 0.15) is 0 Å². The first kappa shape index (κ1) is 16.0. The van der Waals surface area contributed by atoms with E-state index in [0.717, 1.165) is 29.5 Å². The average Bonchev–Trinajstić information content (AvgIpc) is 2.92. The van der Waals surface area contributed by atoms with E-state index in [1.807, 2.05) is 22.5 Å². The summed E-state index contributed by atoms with van der Waals surface area (Å²) >= 11 is 6.37. The lowest BCUT2D eigenvalue weighted by molar-refractivity contribution is 0.564. The maximum absolute atomic E-state index is 6.37. The van der Waals surface area contributed by atoms with Gasteiger partial charge < -0.3 is 5.32 Å². The molecule has 0 spiro atoms. The molecule has 0 fully saturated rings. The fourth-order valence-corrected chi connectivity index (χ4v) is 2.49. The molecule has 0 aliphatic carbocycles. The number of halogens is 1. The van der Waals surface area contributed by atoms with E-state index in [0.29, 0.717) is 12.6 Å². The molecule has 116 valence electrons. The van der Waals surface area contributed by atoms with Crippen molar-refractivity contribution in [2.75, 3.05) is 0 Å². The largest absolute Gasteiger partial charge is 0.310 e. The Bertz CT molecular complexity index is 612. The maximum atomic E-state index is 6.37. The van der Waals surface area contributed by atoms with Crippen molar-refractivity contribution in [3.8, 4) is 0 Å². The zero-order chi connectivity index (χ0) is 15.6. The monoisotopic (exact) mass is 309 g/mol. The second-order valence-electron chi connectivity index (χ2n) is 5.61. The summed E-state index contributed by atoms with van der Waals surface area (Å²) in [4.78, 5) is 0. The van der Waals surface area contributed by atoms with Crippen LogP contribution in [-0.4, -0.2) is 25.6 Å². The molecule has 2 heterocycles. The minimum absolute atomic E-state index is 0.464. The zero-order valence-electron chi connectivity index (χ0n) is 13.4. The van der Waals surface area contributed by atoms with Crippen LogP contribution < -0.4 is 5.32 Å². The van der Waals surface area contributed by atoms with Crippen molar-refractivity contribution in [2.24, 2.45) is 0 Å². The summed E-state index contributed by atoms with van der Waals surface area (Å²) in [6.07, 6.45) is 1.93. The molecule has 0 unspecified atom stereocenters. The van der Waals surface area contributed by atoms with Crippen LogP contribution in [-0.2, 0) is 19.6 Å². The van der Waals surface area contributed by atoms with Crippen molar-refractivity contribution in [1.82, 2.24) is 24.9 Å². The number of nitrogens with zero attached hydrogens (tertiary/aromatic N) is 4. The molecule has 6 heteroatoms. The van der Waals surface area contributed by atoms with Crippen LogP contribution in [0.2, 0.25) is 5.02 Å². The highest BCUT2D eigenvalue weighted by Gasteiger charge is 2.15. The third kappa shape index (κ3) is 3.47. The van der Waals surface area contributed by atoms with Gasteiger partial charge in [0.25, 0.3) is 0 Å². The SMILES string of the molecule is CCn1nc(C)c(Cl)c1Cn1ncc(CNC(C)C)c1C. The molecular weight excluding hydrogens is 286 g/mol. The van der Waals surface area contributed by atoms with Crippen molar-refractivity contribution < 1.29 is 0 Å². The minimum atomic E-state index is 0.464. The first-order valence-corrected chi connectivity index (χ1v) is 7.78. The fraction of sp³-hybridized carbons (Fsp3) is 0.600. The number of aryl methyl sites for hydroxylation is 2. The van der Waals surface area contributed by atoms with Crippen molar-refractivity contribution in [2.45, 2.75) is 60.3 Å². The topological polar surface area (TPSA) is 47.7 Å². The average molecular weight is 310 g/mol. The quantitative estimate of drug-likeness (QED) is 0.892. The lowest BCUT2D eigenvalue weighted by Gasteiger charge is -2.10. The number of aromatic nitrogens is 4. The Morgan fingerprint density at radius 3 is 2.62 bits per heavy atom. The first-order valence-electron chi connectivity index (χ1n) is 7.40. The Hall–Kier alpha value is -1.33. The molecule has 1 N–H and O–H groups in total. The van der Waals surface area contributed by atoms with E-state index in [1.54, 1.807) is 0 Å². The third-order valence-corrected chi connectivity index (χ3v) is 4.15. The summed E-state index contributed by atoms with van der Waals surface area (Å²) in [7, 11) is 0. The van der Waals surface area contributed by atoms with Gasteiger partial charge in [-0.15, -0.1) is 0 Å². The molecule has 0 aliphatic rings. The smallest absolute Gasteiger partial charge is 0.0866 e. The second kappa shape index (κ2) is 6.62. The minimum Gasteiger partial charge on any atom is -0.310 e. The van der Waals surface area contributed by atoms with Crippen LogP contribution in [0.25, 0.3) is 0 Å². The Balaban J connectivity index is 2.21. The lowest BCUT2D eigenvalue weighted by atomic mass is 10.2. The van der Waals surface area contributed by atoms with Gasteiger partial charge in [-0.05, 0) is 20.8 Å². The van der Waals surface area contributed by atoms with E-state index in [2.05, 4.69) is 43.2 Å². The van der Waals surface area contributed by atoms with Crippen LogP contribution in [0.15, 0.2) is 6.20 Å². The van der Waals surface area contributed by atoms with Crippen LogP contribution >= 0.6 is 11.6 Å². The van der Waals surface area contributed by atoms with Gasteiger partial charge >= 0.3 is 0 Å². The molecule has 0 radical (unpaired) electrons. The molecule has 5 nitrogen and oxygen atoms in total. The Morgan fingerprint density at radius 1 is 1.29 bits per heavy atom. The summed E-state index contributed by atoms with van der Waals surface area (Å²) in [5.41, 5.74) is 4.28. The predicted octanol–water partition coefficient (Wildman–Crippen LogP) is 2.92. The highest BCUT2D eigenvalue weighted by Crippen LogP contribution is 2.22. The Morgan fingerprint density at radius 2 is 2.00 bits per heavy atom. The maximum Gasteiger partial charge on any atom is 0.0866 e. The fourth-order valence-electron chi connectivity index (χ4n) is 2.29.